The van der Waals surface area contributed by atoms with Gasteiger partial charge in [0.25, 0.3) is 0 Å². The topological polar surface area (TPSA) is 87.0 Å². The van der Waals surface area contributed by atoms with Crippen LogP contribution in [0.5, 0.6) is 5.75 Å². The van der Waals surface area contributed by atoms with Gasteiger partial charge in [-0.25, -0.2) is 4.39 Å². The maximum absolute atomic E-state index is 13.7. The monoisotopic (exact) mass is 576 g/mol. The van der Waals surface area contributed by atoms with E-state index in [4.69, 9.17) is 16.3 Å². The maximum atomic E-state index is 13.7. The van der Waals surface area contributed by atoms with E-state index in [-0.39, 0.29) is 21.7 Å². The molecule has 1 aromatic heterocycles. The van der Waals surface area contributed by atoms with Gasteiger partial charge in [-0.2, -0.15) is 17.0 Å². The average Bonchev–Trinajstić information content (AvgIpc) is 2.95. The molecule has 9 heteroatoms. The highest BCUT2D eigenvalue weighted by molar-refractivity contribution is 7.99. The maximum Gasteiger partial charge on any atom is 0.225 e. The van der Waals surface area contributed by atoms with Gasteiger partial charge < -0.3 is 15.4 Å². The Morgan fingerprint density at radius 2 is 1.98 bits per heavy atom. The fourth-order valence-corrected chi connectivity index (χ4v) is 5.77. The van der Waals surface area contributed by atoms with Gasteiger partial charge in [0.15, 0.2) is 0 Å². The average molecular weight is 577 g/mol. The number of carbonyl (C=O) groups is 1. The van der Waals surface area contributed by atoms with E-state index >= 15 is 0 Å². The van der Waals surface area contributed by atoms with Crippen molar-refractivity contribution in [1.82, 2.24) is 4.98 Å². The number of nitrogens with zero attached hydrogens (tertiary/aromatic N) is 2. The highest BCUT2D eigenvalue weighted by Gasteiger charge is 2.19. The highest BCUT2D eigenvalue weighted by Crippen LogP contribution is 2.37. The molecule has 3 aromatic carbocycles. The van der Waals surface area contributed by atoms with Crippen molar-refractivity contribution < 1.29 is 13.9 Å². The number of thioether (sulfide) groups is 1. The second-order valence-electron chi connectivity index (χ2n) is 9.17. The Bertz CT molecular complexity index is 1530. The Kier molecular flexibility index (Phi) is 10.2. The number of nitrogens with one attached hydrogen (secondary N) is 2. The highest BCUT2D eigenvalue weighted by atomic mass is 35.5. The first-order valence-electron chi connectivity index (χ1n) is 13.1. The Morgan fingerprint density at radius 1 is 1.18 bits per heavy atom. The number of benzene rings is 3. The van der Waals surface area contributed by atoms with Gasteiger partial charge in [0.1, 0.15) is 17.6 Å². The van der Waals surface area contributed by atoms with Gasteiger partial charge in [0, 0.05) is 40.8 Å². The molecule has 0 saturated carbocycles. The molecule has 206 valence electrons. The summed E-state index contributed by atoms with van der Waals surface area (Å²) in [6.07, 6.45) is 3.71. The van der Waals surface area contributed by atoms with Crippen molar-refractivity contribution >= 4 is 57.2 Å². The van der Waals surface area contributed by atoms with Crippen LogP contribution < -0.4 is 15.4 Å². The molecule has 0 bridgehead atoms. The quantitative estimate of drug-likeness (QED) is 0.176. The molecule has 0 fully saturated rings. The smallest absolute Gasteiger partial charge is 0.225 e. The molecule has 2 N–H and O–H groups in total. The number of carbonyl (C=O) groups excluding carboxylic acids is 1. The normalized spacial score (nSPS) is 11.6. The molecule has 1 atom stereocenters. The predicted molar refractivity (Wildman–Crippen MR) is 162 cm³/mol. The number of amides is 1. The fraction of sp³-hybridized carbons (Fsp3) is 0.258. The van der Waals surface area contributed by atoms with Crippen LogP contribution in [0.25, 0.3) is 10.9 Å². The van der Waals surface area contributed by atoms with Crippen LogP contribution in [0.15, 0.2) is 66.9 Å². The van der Waals surface area contributed by atoms with Crippen LogP contribution in [0.4, 0.5) is 21.5 Å². The van der Waals surface area contributed by atoms with E-state index in [2.05, 4.69) is 40.7 Å². The lowest BCUT2D eigenvalue weighted by molar-refractivity contribution is -0.116. The largest absolute Gasteiger partial charge is 0.492 e. The second kappa shape index (κ2) is 14.0. The van der Waals surface area contributed by atoms with Gasteiger partial charge in [0.05, 0.1) is 34.1 Å². The van der Waals surface area contributed by atoms with Gasteiger partial charge in [0.2, 0.25) is 5.91 Å². The van der Waals surface area contributed by atoms with Gasteiger partial charge >= 0.3 is 0 Å². The first kappa shape index (κ1) is 29.2. The van der Waals surface area contributed by atoms with Gasteiger partial charge in [-0.1, -0.05) is 55.3 Å². The number of hydrogen-bond acceptors (Lipinski definition) is 6. The molecule has 1 heterocycles. The summed E-state index contributed by atoms with van der Waals surface area (Å²) in [5, 5.41) is 16.7. The van der Waals surface area contributed by atoms with Gasteiger partial charge in [-0.15, -0.1) is 0 Å². The van der Waals surface area contributed by atoms with E-state index in [1.54, 1.807) is 23.9 Å². The number of fused-ring (bicyclic) bond motifs is 1. The van der Waals surface area contributed by atoms with E-state index < -0.39 is 5.82 Å². The number of rotatable bonds is 12. The number of nitriles is 1. The second-order valence-corrected chi connectivity index (χ2v) is 10.9. The van der Waals surface area contributed by atoms with E-state index in [1.165, 1.54) is 30.0 Å². The molecule has 1 unspecified atom stereocenters. The van der Waals surface area contributed by atoms with Crippen molar-refractivity contribution in [3.8, 4) is 11.8 Å². The molecule has 6 nitrogen and oxygen atoms in total. The SMILES string of the molecule is CCCC(CC(=O)Nc1cc2c(Nc3ccc(F)c(Cl)c3)c(C#N)cnc2cc1OCC)SCc1ccccc1. The van der Waals surface area contributed by atoms with E-state index in [0.717, 1.165) is 18.6 Å². The minimum Gasteiger partial charge on any atom is -0.492 e. The van der Waals surface area contributed by atoms with Crippen LogP contribution in [0.2, 0.25) is 5.02 Å². The number of aromatic nitrogens is 1. The third kappa shape index (κ3) is 7.44. The van der Waals surface area contributed by atoms with Gasteiger partial charge in [-0.3, -0.25) is 9.78 Å². The number of hydrogen-bond donors (Lipinski definition) is 2. The van der Waals surface area contributed by atoms with Crippen molar-refractivity contribution in [3.05, 3.63) is 88.8 Å². The fourth-order valence-electron chi connectivity index (χ4n) is 4.29. The lowest BCUT2D eigenvalue weighted by Crippen LogP contribution is -2.19. The Labute approximate surface area is 242 Å². The van der Waals surface area contributed by atoms with Crippen molar-refractivity contribution in [2.75, 3.05) is 17.2 Å². The molecule has 0 aliphatic rings. The van der Waals surface area contributed by atoms with Crippen molar-refractivity contribution in [3.63, 3.8) is 0 Å². The molecule has 40 heavy (non-hydrogen) atoms. The molecule has 0 saturated heterocycles. The summed E-state index contributed by atoms with van der Waals surface area (Å²) in [6, 6.07) is 20.1. The standard InChI is InChI=1S/C31H30ClFN4O2S/c1-3-8-23(40-19-20-9-6-5-7-10-20)14-30(38)37-28-15-24-27(16-29(28)39-4-2)35-18-21(17-34)31(24)36-22-11-12-26(33)25(32)13-22/h5-7,9-13,15-16,18,23H,3-4,8,14,19H2,1-2H3,(H,35,36)(H,37,38). The summed E-state index contributed by atoms with van der Waals surface area (Å²) >= 11 is 7.75. The molecule has 0 aliphatic heterocycles. The van der Waals surface area contributed by atoms with Crippen LogP contribution in [-0.4, -0.2) is 22.7 Å². The van der Waals surface area contributed by atoms with Crippen molar-refractivity contribution in [2.24, 2.45) is 0 Å². The molecule has 0 aliphatic carbocycles. The van der Waals surface area contributed by atoms with Crippen LogP contribution in [-0.2, 0) is 10.5 Å². The summed E-state index contributed by atoms with van der Waals surface area (Å²) in [6.45, 7) is 4.38. The van der Waals surface area contributed by atoms with Crippen molar-refractivity contribution in [2.45, 2.75) is 44.1 Å². The number of halogens is 2. The predicted octanol–water partition coefficient (Wildman–Crippen LogP) is 8.47. The summed E-state index contributed by atoms with van der Waals surface area (Å²) in [5.74, 6) is 0.662. The summed E-state index contributed by atoms with van der Waals surface area (Å²) in [5.41, 5.74) is 3.54. The zero-order chi connectivity index (χ0) is 28.5. The van der Waals surface area contributed by atoms with Crippen LogP contribution in [0.1, 0.15) is 44.2 Å². The number of ether oxygens (including phenoxy) is 1. The molecule has 0 spiro atoms. The Balaban J connectivity index is 1.62. The molecular weight excluding hydrogens is 547 g/mol. The van der Waals surface area contributed by atoms with E-state index in [1.807, 2.05) is 25.1 Å². The Hall–Kier alpha value is -3.80. The third-order valence-corrected chi connectivity index (χ3v) is 7.87. The number of pyridine rings is 1. The first-order chi connectivity index (χ1) is 19.4. The summed E-state index contributed by atoms with van der Waals surface area (Å²) < 4.78 is 19.6. The third-order valence-electron chi connectivity index (χ3n) is 6.20. The minimum atomic E-state index is -0.540. The summed E-state index contributed by atoms with van der Waals surface area (Å²) in [7, 11) is 0. The number of anilines is 3. The zero-order valence-corrected chi connectivity index (χ0v) is 23.9. The van der Waals surface area contributed by atoms with Crippen LogP contribution in [0, 0.1) is 17.1 Å². The molecule has 1 amide bonds. The van der Waals surface area contributed by atoms with Crippen molar-refractivity contribution in [1.29, 1.82) is 5.26 Å². The first-order valence-corrected chi connectivity index (χ1v) is 14.5. The molecule has 4 rings (SSSR count). The van der Waals surface area contributed by atoms with Crippen LogP contribution >= 0.6 is 23.4 Å². The Morgan fingerprint density at radius 3 is 2.67 bits per heavy atom. The lowest BCUT2D eigenvalue weighted by atomic mass is 10.1. The van der Waals surface area contributed by atoms with Crippen LogP contribution in [0.3, 0.4) is 0 Å². The molecular formula is C31H30ClFN4O2S. The minimum absolute atomic E-state index is 0.0415. The lowest BCUT2D eigenvalue weighted by Gasteiger charge is -2.18. The molecule has 0 radical (unpaired) electrons. The molecule has 4 aromatic rings. The summed E-state index contributed by atoms with van der Waals surface area (Å²) in [4.78, 5) is 17.7. The van der Waals surface area contributed by atoms with Gasteiger partial charge in [-0.05, 0) is 43.2 Å². The zero-order valence-electron chi connectivity index (χ0n) is 22.3. The van der Waals surface area contributed by atoms with E-state index in [9.17, 15) is 14.4 Å². The van der Waals surface area contributed by atoms with E-state index in [0.29, 0.717) is 46.7 Å².